The second-order valence-corrected chi connectivity index (χ2v) is 9.22. The van der Waals surface area contributed by atoms with Crippen LogP contribution >= 0.6 is 0 Å². The first-order chi connectivity index (χ1) is 12.3. The first-order valence-electron chi connectivity index (χ1n) is 10.2. The molecule has 0 spiro atoms. The zero-order valence-corrected chi connectivity index (χ0v) is 16.5. The SMILES string of the molecule is CC(=O)N(C(C)=O)C1=CC[C@H]2[C@@H]3CC=C4CCC=C[C@]4(C)[C@@H]3CC[C@]12C. The molecule has 0 radical (unpaired) electrons. The summed E-state index contributed by atoms with van der Waals surface area (Å²) in [6.07, 6.45) is 16.3. The van der Waals surface area contributed by atoms with Gasteiger partial charge in [-0.3, -0.25) is 14.5 Å². The van der Waals surface area contributed by atoms with Crippen molar-refractivity contribution in [2.45, 2.75) is 66.2 Å². The van der Waals surface area contributed by atoms with E-state index in [4.69, 9.17) is 0 Å². The van der Waals surface area contributed by atoms with Gasteiger partial charge in [0.25, 0.3) is 0 Å². The predicted octanol–water partition coefficient (Wildman–Crippen LogP) is 5.00. The molecule has 0 bridgehead atoms. The first-order valence-corrected chi connectivity index (χ1v) is 10.2. The van der Waals surface area contributed by atoms with Gasteiger partial charge in [-0.2, -0.15) is 0 Å². The molecule has 0 N–H and O–H groups in total. The fraction of sp³-hybridized carbons (Fsp3) is 0.652. The van der Waals surface area contributed by atoms with Gasteiger partial charge in [-0.25, -0.2) is 0 Å². The van der Waals surface area contributed by atoms with Crippen molar-refractivity contribution in [1.82, 2.24) is 4.90 Å². The van der Waals surface area contributed by atoms with E-state index in [0.29, 0.717) is 17.8 Å². The minimum Gasteiger partial charge on any atom is -0.274 e. The molecule has 140 valence electrons. The Morgan fingerprint density at radius 3 is 2.50 bits per heavy atom. The van der Waals surface area contributed by atoms with Gasteiger partial charge < -0.3 is 0 Å². The van der Waals surface area contributed by atoms with Gasteiger partial charge >= 0.3 is 0 Å². The molecule has 4 aliphatic carbocycles. The van der Waals surface area contributed by atoms with Crippen molar-refractivity contribution < 1.29 is 9.59 Å². The maximum Gasteiger partial charge on any atom is 0.230 e. The van der Waals surface area contributed by atoms with E-state index in [0.717, 1.165) is 25.0 Å². The minimum absolute atomic E-state index is 0.0570. The Labute approximate surface area is 157 Å². The number of amides is 2. The highest BCUT2D eigenvalue weighted by Crippen LogP contribution is 2.64. The number of fused-ring (bicyclic) bond motifs is 5. The fourth-order valence-corrected chi connectivity index (χ4v) is 6.72. The largest absolute Gasteiger partial charge is 0.274 e. The Morgan fingerprint density at radius 1 is 1.08 bits per heavy atom. The van der Waals surface area contributed by atoms with E-state index in [1.165, 1.54) is 38.0 Å². The number of carbonyl (C=O) groups excluding carboxylic acids is 2. The Balaban J connectivity index is 1.68. The number of hydrogen-bond donors (Lipinski definition) is 0. The first kappa shape index (κ1) is 17.8. The number of imide groups is 1. The topological polar surface area (TPSA) is 37.4 Å². The van der Waals surface area contributed by atoms with Crippen LogP contribution in [0, 0.1) is 28.6 Å². The zero-order valence-electron chi connectivity index (χ0n) is 16.5. The highest BCUT2D eigenvalue weighted by molar-refractivity contribution is 5.95. The van der Waals surface area contributed by atoms with Crippen molar-refractivity contribution in [2.75, 3.05) is 0 Å². The predicted molar refractivity (Wildman–Crippen MR) is 103 cm³/mol. The molecule has 4 aliphatic rings. The van der Waals surface area contributed by atoms with Crippen molar-refractivity contribution in [2.24, 2.45) is 28.6 Å². The molecule has 5 atom stereocenters. The third kappa shape index (κ3) is 2.32. The molecule has 0 unspecified atom stereocenters. The maximum absolute atomic E-state index is 12.2. The van der Waals surface area contributed by atoms with Crippen LogP contribution in [0.5, 0.6) is 0 Å². The molecular weight excluding hydrogens is 322 g/mol. The van der Waals surface area contributed by atoms with E-state index in [1.807, 2.05) is 0 Å². The molecule has 4 rings (SSSR count). The molecule has 1 fully saturated rings. The second-order valence-electron chi connectivity index (χ2n) is 9.22. The molecule has 3 nitrogen and oxygen atoms in total. The number of hydrogen-bond acceptors (Lipinski definition) is 2. The van der Waals surface area contributed by atoms with Gasteiger partial charge in [0.1, 0.15) is 0 Å². The summed E-state index contributed by atoms with van der Waals surface area (Å²) in [6, 6.07) is 0. The normalized spacial score (nSPS) is 40.7. The number of carbonyl (C=O) groups is 2. The number of rotatable bonds is 1. The van der Waals surface area contributed by atoms with Crippen LogP contribution in [-0.2, 0) is 9.59 Å². The van der Waals surface area contributed by atoms with Gasteiger partial charge in [-0.15, -0.1) is 0 Å². The summed E-state index contributed by atoms with van der Waals surface area (Å²) in [7, 11) is 0. The van der Waals surface area contributed by atoms with E-state index in [2.05, 4.69) is 38.2 Å². The average molecular weight is 354 g/mol. The molecule has 0 aromatic heterocycles. The van der Waals surface area contributed by atoms with E-state index < -0.39 is 0 Å². The van der Waals surface area contributed by atoms with Crippen LogP contribution < -0.4 is 0 Å². The van der Waals surface area contributed by atoms with Crippen LogP contribution in [0.4, 0.5) is 0 Å². The van der Waals surface area contributed by atoms with Crippen LogP contribution in [0.15, 0.2) is 35.6 Å². The standard InChI is InChI=1S/C23H31NO2/c1-15(25)24(16(2)26)21-11-10-19-18-9-8-17-7-5-6-13-22(17,3)20(18)12-14-23(19,21)4/h6,8,11,13,18-20H,5,7,9-10,12,14H2,1-4H3/t18-,19-,20+,22-,23-/m0/s1. The van der Waals surface area contributed by atoms with Gasteiger partial charge in [-0.05, 0) is 56.3 Å². The summed E-state index contributed by atoms with van der Waals surface area (Å²) in [5.74, 6) is 1.55. The van der Waals surface area contributed by atoms with Crippen LogP contribution in [0.1, 0.15) is 66.2 Å². The van der Waals surface area contributed by atoms with Crippen molar-refractivity contribution in [3.63, 3.8) is 0 Å². The number of nitrogens with zero attached hydrogens (tertiary/aromatic N) is 1. The second kappa shape index (κ2) is 5.94. The van der Waals surface area contributed by atoms with Gasteiger partial charge in [-0.1, -0.05) is 43.7 Å². The Kier molecular flexibility index (Phi) is 4.05. The van der Waals surface area contributed by atoms with Gasteiger partial charge in [0.15, 0.2) is 0 Å². The quantitative estimate of drug-likeness (QED) is 0.622. The maximum atomic E-state index is 12.2. The van der Waals surface area contributed by atoms with Crippen LogP contribution in [0.2, 0.25) is 0 Å². The highest BCUT2D eigenvalue weighted by Gasteiger charge is 2.57. The summed E-state index contributed by atoms with van der Waals surface area (Å²) in [5, 5.41) is 0. The molecule has 0 aromatic rings. The zero-order chi connectivity index (χ0) is 18.7. The summed E-state index contributed by atoms with van der Waals surface area (Å²) in [6.45, 7) is 7.75. The molecule has 0 aromatic carbocycles. The third-order valence-electron chi connectivity index (χ3n) is 7.99. The van der Waals surface area contributed by atoms with Crippen molar-refractivity contribution >= 4 is 11.8 Å². The molecule has 0 aliphatic heterocycles. The molecule has 3 heteroatoms. The average Bonchev–Trinajstić information content (AvgIpc) is 2.91. The molecule has 1 saturated carbocycles. The Morgan fingerprint density at radius 2 is 1.81 bits per heavy atom. The Hall–Kier alpha value is -1.64. The summed E-state index contributed by atoms with van der Waals surface area (Å²) < 4.78 is 0. The molecular formula is C23H31NO2. The lowest BCUT2D eigenvalue weighted by Gasteiger charge is -2.56. The smallest absolute Gasteiger partial charge is 0.230 e. The van der Waals surface area contributed by atoms with E-state index in [-0.39, 0.29) is 22.6 Å². The van der Waals surface area contributed by atoms with Gasteiger partial charge in [0.2, 0.25) is 11.8 Å². The molecule has 0 heterocycles. The Bertz CT molecular complexity index is 731. The summed E-state index contributed by atoms with van der Waals surface area (Å²) in [4.78, 5) is 25.7. The van der Waals surface area contributed by atoms with E-state index >= 15 is 0 Å². The fourth-order valence-electron chi connectivity index (χ4n) is 6.72. The van der Waals surface area contributed by atoms with Gasteiger partial charge in [0, 0.05) is 30.4 Å². The van der Waals surface area contributed by atoms with Crippen LogP contribution in [-0.4, -0.2) is 16.7 Å². The number of allylic oxidation sites excluding steroid dienone is 6. The molecule has 2 amide bonds. The minimum atomic E-state index is -0.152. The lowest BCUT2D eigenvalue weighted by atomic mass is 9.49. The van der Waals surface area contributed by atoms with E-state index in [1.54, 1.807) is 5.57 Å². The molecule has 26 heavy (non-hydrogen) atoms. The van der Waals surface area contributed by atoms with Crippen molar-refractivity contribution in [3.8, 4) is 0 Å². The summed E-state index contributed by atoms with van der Waals surface area (Å²) >= 11 is 0. The monoisotopic (exact) mass is 353 g/mol. The van der Waals surface area contributed by atoms with Crippen molar-refractivity contribution in [1.29, 1.82) is 0 Å². The van der Waals surface area contributed by atoms with Gasteiger partial charge in [0.05, 0.1) is 0 Å². The highest BCUT2D eigenvalue weighted by atomic mass is 16.2. The molecule has 0 saturated heterocycles. The lowest BCUT2D eigenvalue weighted by Crippen LogP contribution is -2.50. The lowest BCUT2D eigenvalue weighted by molar-refractivity contribution is -0.141. The van der Waals surface area contributed by atoms with Crippen LogP contribution in [0.25, 0.3) is 0 Å². The van der Waals surface area contributed by atoms with Crippen molar-refractivity contribution in [3.05, 3.63) is 35.6 Å². The van der Waals surface area contributed by atoms with E-state index in [9.17, 15) is 9.59 Å². The summed E-state index contributed by atoms with van der Waals surface area (Å²) in [5.41, 5.74) is 2.77. The third-order valence-corrected chi connectivity index (χ3v) is 7.99. The van der Waals surface area contributed by atoms with Crippen LogP contribution in [0.3, 0.4) is 0 Å².